The molecule has 1 rings (SSSR count). The van der Waals surface area contributed by atoms with Gasteiger partial charge in [-0.05, 0) is 69.7 Å². The summed E-state index contributed by atoms with van der Waals surface area (Å²) in [6.07, 6.45) is 14.1. The summed E-state index contributed by atoms with van der Waals surface area (Å²) in [7, 11) is 0. The molecule has 0 saturated carbocycles. The molecule has 1 aromatic carbocycles. The number of benzene rings is 1. The number of alkyl carbamates (subject to hydrolysis) is 1. The third-order valence-electron chi connectivity index (χ3n) is 6.17. The molecule has 0 spiro atoms. The zero-order valence-electron chi connectivity index (χ0n) is 24.8. The molecule has 0 heterocycles. The Morgan fingerprint density at radius 1 is 1.03 bits per heavy atom. The fraction of sp³-hybridized carbons (Fsp3) is 0.645. The van der Waals surface area contributed by atoms with Crippen molar-refractivity contribution in [3.63, 3.8) is 0 Å². The molecule has 0 aliphatic rings. The Morgan fingerprint density at radius 3 is 2.23 bits per heavy atom. The molecule has 0 aromatic heterocycles. The van der Waals surface area contributed by atoms with E-state index in [1.54, 1.807) is 49.6 Å². The van der Waals surface area contributed by atoms with Gasteiger partial charge in [-0.1, -0.05) is 64.0 Å². The van der Waals surface area contributed by atoms with Crippen LogP contribution in [0.2, 0.25) is 0 Å². The first-order valence-electron chi connectivity index (χ1n) is 14.2. The molecule has 0 saturated heterocycles. The highest BCUT2D eigenvalue weighted by atomic mass is 32.2. The second kappa shape index (κ2) is 18.6. The minimum absolute atomic E-state index is 0.236. The summed E-state index contributed by atoms with van der Waals surface area (Å²) in [5.74, 6) is 2.75. The van der Waals surface area contributed by atoms with Crippen molar-refractivity contribution in [2.45, 2.75) is 104 Å². The Labute approximate surface area is 240 Å². The summed E-state index contributed by atoms with van der Waals surface area (Å²) in [6.45, 7) is 10.5. The Balaban J connectivity index is 3.43. The molecule has 8 heteroatoms. The quantitative estimate of drug-likeness (QED) is 0.179. The normalized spacial score (nSPS) is 12.6. The SMILES string of the molecule is C#Cc1ccc(C(C(=O)NCCCC)N(CCCCCCC)C(=O)C(CCSC)NC(=O)OC(C)(C)C)cc1. The number of carbonyl (C=O) groups excluding carboxylic acids is 3. The number of amides is 3. The molecule has 0 bridgehead atoms. The fourth-order valence-electron chi connectivity index (χ4n) is 4.11. The molecular formula is C31H49N3O4S. The van der Waals surface area contributed by atoms with Gasteiger partial charge in [-0.3, -0.25) is 9.59 Å². The van der Waals surface area contributed by atoms with Gasteiger partial charge in [0.1, 0.15) is 17.7 Å². The van der Waals surface area contributed by atoms with Crippen molar-refractivity contribution in [1.82, 2.24) is 15.5 Å². The summed E-state index contributed by atoms with van der Waals surface area (Å²) in [5.41, 5.74) is 0.688. The van der Waals surface area contributed by atoms with Gasteiger partial charge >= 0.3 is 6.09 Å². The van der Waals surface area contributed by atoms with E-state index in [1.807, 2.05) is 18.4 Å². The summed E-state index contributed by atoms with van der Waals surface area (Å²) >= 11 is 1.59. The smallest absolute Gasteiger partial charge is 0.408 e. The molecule has 7 nitrogen and oxygen atoms in total. The Morgan fingerprint density at radius 2 is 1.67 bits per heavy atom. The van der Waals surface area contributed by atoms with Crippen LogP contribution in [0.5, 0.6) is 0 Å². The van der Waals surface area contributed by atoms with Crippen LogP contribution < -0.4 is 10.6 Å². The molecular weight excluding hydrogens is 510 g/mol. The van der Waals surface area contributed by atoms with E-state index in [4.69, 9.17) is 11.2 Å². The van der Waals surface area contributed by atoms with Crippen LogP contribution in [0.1, 0.15) is 103 Å². The van der Waals surface area contributed by atoms with Crippen LogP contribution >= 0.6 is 11.8 Å². The predicted octanol–water partition coefficient (Wildman–Crippen LogP) is 6.07. The lowest BCUT2D eigenvalue weighted by Crippen LogP contribution is -2.53. The van der Waals surface area contributed by atoms with Crippen molar-refractivity contribution in [2.75, 3.05) is 25.1 Å². The van der Waals surface area contributed by atoms with Crippen LogP contribution in [0.4, 0.5) is 4.79 Å². The maximum Gasteiger partial charge on any atom is 0.408 e. The standard InChI is InChI=1S/C31H49N3O4S/c1-8-11-13-14-15-22-34(29(36)26(20-23-39-7)33-30(37)38-31(4,5)6)27(28(35)32-21-12-9-2)25-18-16-24(10-3)17-19-25/h3,16-19,26-27H,8-9,11-15,20-23H2,1-2,4-7H3,(H,32,35)(H,33,37). The highest BCUT2D eigenvalue weighted by molar-refractivity contribution is 7.98. The van der Waals surface area contributed by atoms with Crippen LogP contribution in [0.3, 0.4) is 0 Å². The van der Waals surface area contributed by atoms with Crippen LogP contribution in [-0.4, -0.2) is 59.5 Å². The maximum atomic E-state index is 14.2. The number of carbonyl (C=O) groups is 3. The number of nitrogens with zero attached hydrogens (tertiary/aromatic N) is 1. The zero-order chi connectivity index (χ0) is 29.3. The van der Waals surface area contributed by atoms with Crippen molar-refractivity contribution in [1.29, 1.82) is 0 Å². The van der Waals surface area contributed by atoms with E-state index >= 15 is 0 Å². The number of hydrogen-bond donors (Lipinski definition) is 2. The molecule has 1 aromatic rings. The number of nitrogens with one attached hydrogen (secondary N) is 2. The number of rotatable bonds is 17. The van der Waals surface area contributed by atoms with Crippen LogP contribution in [0.25, 0.3) is 0 Å². The Kier molecular flexibility index (Phi) is 16.4. The van der Waals surface area contributed by atoms with Crippen molar-refractivity contribution < 1.29 is 19.1 Å². The summed E-state index contributed by atoms with van der Waals surface area (Å²) in [4.78, 5) is 42.2. The molecule has 0 aliphatic heterocycles. The molecule has 2 unspecified atom stereocenters. The first-order chi connectivity index (χ1) is 18.6. The van der Waals surface area contributed by atoms with E-state index < -0.39 is 23.8 Å². The number of ether oxygens (including phenoxy) is 1. The molecule has 0 aliphatic carbocycles. The number of hydrogen-bond acceptors (Lipinski definition) is 5. The first-order valence-corrected chi connectivity index (χ1v) is 15.6. The van der Waals surface area contributed by atoms with Gasteiger partial charge in [-0.25, -0.2) is 4.79 Å². The predicted molar refractivity (Wildman–Crippen MR) is 162 cm³/mol. The average molecular weight is 560 g/mol. The molecule has 0 radical (unpaired) electrons. The van der Waals surface area contributed by atoms with Gasteiger partial charge in [0.05, 0.1) is 0 Å². The highest BCUT2D eigenvalue weighted by Gasteiger charge is 2.35. The maximum absolute atomic E-state index is 14.2. The molecule has 0 fully saturated rings. The minimum atomic E-state index is -0.843. The molecule has 3 amide bonds. The molecule has 218 valence electrons. The lowest BCUT2D eigenvalue weighted by molar-refractivity contribution is -0.142. The van der Waals surface area contributed by atoms with Crippen molar-refractivity contribution in [3.8, 4) is 12.3 Å². The van der Waals surface area contributed by atoms with Crippen LogP contribution in [0.15, 0.2) is 24.3 Å². The number of thioether (sulfide) groups is 1. The highest BCUT2D eigenvalue weighted by Crippen LogP contribution is 2.25. The van der Waals surface area contributed by atoms with E-state index in [-0.39, 0.29) is 11.8 Å². The molecule has 2 N–H and O–H groups in total. The van der Waals surface area contributed by atoms with Gasteiger partial charge in [-0.15, -0.1) is 6.42 Å². The van der Waals surface area contributed by atoms with Gasteiger partial charge in [0, 0.05) is 18.7 Å². The lowest BCUT2D eigenvalue weighted by atomic mass is 10.00. The van der Waals surface area contributed by atoms with Gasteiger partial charge in [-0.2, -0.15) is 11.8 Å². The summed E-state index contributed by atoms with van der Waals surface area (Å²) in [5, 5.41) is 5.81. The lowest BCUT2D eigenvalue weighted by Gasteiger charge is -2.34. The molecule has 39 heavy (non-hydrogen) atoms. The average Bonchev–Trinajstić information content (AvgIpc) is 2.89. The third-order valence-corrected chi connectivity index (χ3v) is 6.81. The largest absolute Gasteiger partial charge is 0.444 e. The van der Waals surface area contributed by atoms with Gasteiger partial charge in [0.25, 0.3) is 0 Å². The Hall–Kier alpha value is -2.66. The number of terminal acetylenes is 1. The van der Waals surface area contributed by atoms with Gasteiger partial charge in [0.2, 0.25) is 11.8 Å². The first kappa shape index (κ1) is 34.4. The van der Waals surface area contributed by atoms with Crippen LogP contribution in [0, 0.1) is 12.3 Å². The van der Waals surface area contributed by atoms with Crippen LogP contribution in [-0.2, 0) is 14.3 Å². The van der Waals surface area contributed by atoms with Crippen molar-refractivity contribution in [2.24, 2.45) is 0 Å². The summed E-state index contributed by atoms with van der Waals surface area (Å²) in [6, 6.07) is 5.54. The van der Waals surface area contributed by atoms with E-state index in [9.17, 15) is 14.4 Å². The van der Waals surface area contributed by atoms with Crippen molar-refractivity contribution >= 4 is 29.7 Å². The zero-order valence-corrected chi connectivity index (χ0v) is 25.6. The van der Waals surface area contributed by atoms with Gasteiger partial charge < -0.3 is 20.3 Å². The fourth-order valence-corrected chi connectivity index (χ4v) is 4.59. The van der Waals surface area contributed by atoms with E-state index in [1.165, 1.54) is 0 Å². The van der Waals surface area contributed by atoms with Gasteiger partial charge in [0.15, 0.2) is 0 Å². The van der Waals surface area contributed by atoms with E-state index in [0.29, 0.717) is 36.4 Å². The summed E-state index contributed by atoms with van der Waals surface area (Å²) < 4.78 is 5.46. The van der Waals surface area contributed by atoms with E-state index in [0.717, 1.165) is 44.9 Å². The topological polar surface area (TPSA) is 87.7 Å². The van der Waals surface area contributed by atoms with E-state index in [2.05, 4.69) is 30.4 Å². The number of unbranched alkanes of at least 4 members (excludes halogenated alkanes) is 5. The Bertz CT molecular complexity index is 921. The minimum Gasteiger partial charge on any atom is -0.444 e. The monoisotopic (exact) mass is 559 g/mol. The van der Waals surface area contributed by atoms with Crippen molar-refractivity contribution in [3.05, 3.63) is 35.4 Å². The third kappa shape index (κ3) is 13.3. The second-order valence-corrected chi connectivity index (χ2v) is 11.7. The second-order valence-electron chi connectivity index (χ2n) is 10.7. The molecule has 2 atom stereocenters.